The topological polar surface area (TPSA) is 126 Å². The van der Waals surface area contributed by atoms with E-state index in [0.717, 1.165) is 23.7 Å². The summed E-state index contributed by atoms with van der Waals surface area (Å²) < 4.78 is 7.40. The number of pyridine rings is 1. The molecule has 1 aliphatic carbocycles. The lowest BCUT2D eigenvalue weighted by atomic mass is 10.2. The highest BCUT2D eigenvalue weighted by atomic mass is 16.5. The number of amides is 4. The Bertz CT molecular complexity index is 1150. The number of rotatable bonds is 7. The van der Waals surface area contributed by atoms with Gasteiger partial charge in [0, 0.05) is 49.9 Å². The van der Waals surface area contributed by atoms with E-state index in [1.54, 1.807) is 37.5 Å². The van der Waals surface area contributed by atoms with Gasteiger partial charge in [0.1, 0.15) is 17.3 Å². The van der Waals surface area contributed by atoms with Crippen LogP contribution in [0.5, 0.6) is 11.5 Å². The van der Waals surface area contributed by atoms with Gasteiger partial charge in [0.25, 0.3) is 0 Å². The Kier molecular flexibility index (Phi) is 6.20. The minimum absolute atomic E-state index is 0.0658. The molecule has 1 aliphatic rings. The second-order valence-electron chi connectivity index (χ2n) is 7.41. The normalized spacial score (nSPS) is 12.8. The van der Waals surface area contributed by atoms with Crippen molar-refractivity contribution in [2.45, 2.75) is 25.3 Å². The lowest BCUT2D eigenvalue weighted by molar-refractivity contribution is -0.121. The predicted molar refractivity (Wildman–Crippen MR) is 119 cm³/mol. The van der Waals surface area contributed by atoms with Crippen molar-refractivity contribution in [3.63, 3.8) is 0 Å². The molecule has 0 radical (unpaired) electrons. The number of anilines is 1. The maximum Gasteiger partial charge on any atom is 0.325 e. The van der Waals surface area contributed by atoms with Crippen LogP contribution in [0.4, 0.5) is 15.4 Å². The number of carbonyl (C=O) groups is 3. The zero-order chi connectivity index (χ0) is 22.5. The van der Waals surface area contributed by atoms with E-state index in [-0.39, 0.29) is 24.9 Å². The molecule has 3 aromatic rings. The number of urea groups is 1. The van der Waals surface area contributed by atoms with Crippen LogP contribution in [0.3, 0.4) is 0 Å². The summed E-state index contributed by atoms with van der Waals surface area (Å²) in [6.07, 6.45) is 5.50. The fourth-order valence-corrected chi connectivity index (χ4v) is 3.14. The van der Waals surface area contributed by atoms with Gasteiger partial charge in [-0.2, -0.15) is 0 Å². The highest BCUT2D eigenvalue weighted by Gasteiger charge is 2.22. The second-order valence-corrected chi connectivity index (χ2v) is 7.41. The molecule has 4 rings (SSSR count). The minimum Gasteiger partial charge on any atom is -0.457 e. The van der Waals surface area contributed by atoms with Gasteiger partial charge in [-0.1, -0.05) is 0 Å². The van der Waals surface area contributed by atoms with E-state index in [4.69, 9.17) is 4.74 Å². The van der Waals surface area contributed by atoms with Crippen LogP contribution >= 0.6 is 0 Å². The van der Waals surface area contributed by atoms with Gasteiger partial charge >= 0.3 is 12.1 Å². The van der Waals surface area contributed by atoms with Crippen LogP contribution in [-0.2, 0) is 4.79 Å². The average Bonchev–Trinajstić information content (AvgIpc) is 3.49. The van der Waals surface area contributed by atoms with Crippen molar-refractivity contribution in [3.05, 3.63) is 48.8 Å². The van der Waals surface area contributed by atoms with E-state index < -0.39 is 6.03 Å². The molecule has 0 spiro atoms. The van der Waals surface area contributed by atoms with Crippen molar-refractivity contribution in [1.29, 1.82) is 0 Å². The fraction of sp³-hybridized carbons (Fsp3) is 0.273. The van der Waals surface area contributed by atoms with Gasteiger partial charge in [0.2, 0.25) is 5.91 Å². The van der Waals surface area contributed by atoms with Crippen LogP contribution in [0.15, 0.2) is 48.8 Å². The molecule has 0 atom stereocenters. The van der Waals surface area contributed by atoms with E-state index in [9.17, 15) is 14.4 Å². The summed E-state index contributed by atoms with van der Waals surface area (Å²) in [5.74, 6) is 1.32. The van der Waals surface area contributed by atoms with Gasteiger partial charge in [-0.3, -0.25) is 14.7 Å². The number of benzene rings is 1. The second kappa shape index (κ2) is 9.38. The molecule has 10 heteroatoms. The van der Waals surface area contributed by atoms with Crippen molar-refractivity contribution >= 4 is 34.7 Å². The molecule has 2 heterocycles. The summed E-state index contributed by atoms with van der Waals surface area (Å²) in [4.78, 5) is 39.7. The average molecular weight is 436 g/mol. The number of hydrogen-bond donors (Lipinski definition) is 4. The Morgan fingerprint density at radius 2 is 1.94 bits per heavy atom. The number of nitrogens with one attached hydrogen (secondary N) is 4. The lowest BCUT2D eigenvalue weighted by Gasteiger charge is -2.10. The summed E-state index contributed by atoms with van der Waals surface area (Å²) in [5, 5.41) is 11.6. The first kappa shape index (κ1) is 21.2. The molecule has 0 saturated heterocycles. The van der Waals surface area contributed by atoms with Gasteiger partial charge in [-0.05, 0) is 43.2 Å². The molecule has 0 unspecified atom stereocenters. The fourth-order valence-electron chi connectivity index (χ4n) is 3.14. The summed E-state index contributed by atoms with van der Waals surface area (Å²) in [5.41, 5.74) is 0.760. The molecule has 0 bridgehead atoms. The van der Waals surface area contributed by atoms with Crippen molar-refractivity contribution in [2.75, 3.05) is 18.9 Å². The first-order valence-electron chi connectivity index (χ1n) is 10.3. The number of ether oxygens (including phenoxy) is 1. The number of aromatic nitrogens is 2. The summed E-state index contributed by atoms with van der Waals surface area (Å²) in [7, 11) is 1.58. The Balaban J connectivity index is 1.32. The largest absolute Gasteiger partial charge is 0.457 e. The minimum atomic E-state index is -0.453. The van der Waals surface area contributed by atoms with Crippen LogP contribution in [-0.4, -0.2) is 47.2 Å². The van der Waals surface area contributed by atoms with E-state index in [2.05, 4.69) is 26.3 Å². The molecule has 0 aliphatic heterocycles. The van der Waals surface area contributed by atoms with Crippen LogP contribution < -0.4 is 26.0 Å². The molecule has 1 aromatic carbocycles. The van der Waals surface area contributed by atoms with Crippen molar-refractivity contribution in [2.24, 2.45) is 0 Å². The number of carbonyl (C=O) groups excluding carboxylic acids is 3. The highest BCUT2D eigenvalue weighted by molar-refractivity contribution is 5.92. The van der Waals surface area contributed by atoms with E-state index in [1.165, 1.54) is 10.8 Å². The van der Waals surface area contributed by atoms with E-state index in [1.807, 2.05) is 12.1 Å². The van der Waals surface area contributed by atoms with Gasteiger partial charge in [-0.25, -0.2) is 14.6 Å². The lowest BCUT2D eigenvalue weighted by Crippen LogP contribution is -2.34. The van der Waals surface area contributed by atoms with Crippen molar-refractivity contribution in [3.8, 4) is 11.5 Å². The zero-order valence-corrected chi connectivity index (χ0v) is 17.6. The standard InChI is InChI=1S/C22H24N6O4/c1-23-22(31)28-11-8-14-12-16(4-5-18(14)28)32-17-6-9-24-19(13-17)27-21(30)25-10-7-20(29)26-15-2-3-15/h4-6,8-9,11-13,15H,2-3,7,10H2,1H3,(H,23,31)(H,26,29)(H2,24,25,27,30). The van der Waals surface area contributed by atoms with Gasteiger partial charge < -0.3 is 20.7 Å². The molecule has 2 aromatic heterocycles. The smallest absolute Gasteiger partial charge is 0.325 e. The Morgan fingerprint density at radius 3 is 2.72 bits per heavy atom. The van der Waals surface area contributed by atoms with Crippen LogP contribution in [0.25, 0.3) is 10.9 Å². The Hall–Kier alpha value is -4.08. The van der Waals surface area contributed by atoms with Crippen molar-refractivity contribution < 1.29 is 19.1 Å². The third-order valence-electron chi connectivity index (χ3n) is 4.88. The molecule has 1 saturated carbocycles. The summed E-state index contributed by atoms with van der Waals surface area (Å²) in [6.45, 7) is 0.232. The Morgan fingerprint density at radius 1 is 1.12 bits per heavy atom. The molecular weight excluding hydrogens is 412 g/mol. The van der Waals surface area contributed by atoms with Crippen LogP contribution in [0.1, 0.15) is 19.3 Å². The van der Waals surface area contributed by atoms with E-state index >= 15 is 0 Å². The maximum absolute atomic E-state index is 12.1. The maximum atomic E-state index is 12.1. The SMILES string of the molecule is CNC(=O)n1ccc2cc(Oc3ccnc(NC(=O)NCCC(=O)NC4CC4)c3)ccc21. The highest BCUT2D eigenvalue weighted by Crippen LogP contribution is 2.27. The summed E-state index contributed by atoms with van der Waals surface area (Å²) in [6, 6.07) is 10.1. The quantitative estimate of drug-likeness (QED) is 0.453. The van der Waals surface area contributed by atoms with Gasteiger partial charge in [-0.15, -0.1) is 0 Å². The molecular formula is C22H24N6O4. The number of nitrogens with zero attached hydrogens (tertiary/aromatic N) is 2. The first-order valence-corrected chi connectivity index (χ1v) is 10.3. The molecule has 166 valence electrons. The molecule has 4 N–H and O–H groups in total. The van der Waals surface area contributed by atoms with Crippen molar-refractivity contribution in [1.82, 2.24) is 25.5 Å². The number of hydrogen-bond acceptors (Lipinski definition) is 5. The third kappa shape index (κ3) is 5.34. The molecule has 32 heavy (non-hydrogen) atoms. The Labute approximate surface area is 184 Å². The summed E-state index contributed by atoms with van der Waals surface area (Å²) >= 11 is 0. The molecule has 1 fully saturated rings. The zero-order valence-electron chi connectivity index (χ0n) is 17.6. The third-order valence-corrected chi connectivity index (χ3v) is 4.88. The molecule has 10 nitrogen and oxygen atoms in total. The monoisotopic (exact) mass is 436 g/mol. The predicted octanol–water partition coefficient (Wildman–Crippen LogP) is 2.81. The van der Waals surface area contributed by atoms with Gasteiger partial charge in [0.05, 0.1) is 5.52 Å². The van der Waals surface area contributed by atoms with E-state index in [0.29, 0.717) is 23.4 Å². The van der Waals surface area contributed by atoms with Crippen LogP contribution in [0, 0.1) is 0 Å². The molecule has 4 amide bonds. The first-order chi connectivity index (χ1) is 15.5. The number of fused-ring (bicyclic) bond motifs is 1. The van der Waals surface area contributed by atoms with Gasteiger partial charge in [0.15, 0.2) is 0 Å². The van der Waals surface area contributed by atoms with Crippen LogP contribution in [0.2, 0.25) is 0 Å².